The normalized spacial score (nSPS) is 10.0. The van der Waals surface area contributed by atoms with E-state index < -0.39 is 0 Å². The highest BCUT2D eigenvalue weighted by Crippen LogP contribution is 2.20. The predicted octanol–water partition coefficient (Wildman–Crippen LogP) is 3.20. The fraction of sp³-hybridized carbons (Fsp3) is 0.0769. The van der Waals surface area contributed by atoms with Crippen molar-refractivity contribution in [3.63, 3.8) is 0 Å². The highest BCUT2D eigenvalue weighted by Gasteiger charge is 2.00. The smallest absolute Gasteiger partial charge is 0.121 e. The van der Waals surface area contributed by atoms with Gasteiger partial charge in [-0.1, -0.05) is 35.9 Å². The van der Waals surface area contributed by atoms with Crippen LogP contribution in [0.1, 0.15) is 5.56 Å². The van der Waals surface area contributed by atoms with Crippen LogP contribution >= 0.6 is 11.6 Å². The number of anilines is 1. The van der Waals surface area contributed by atoms with Crippen molar-refractivity contribution in [2.75, 3.05) is 5.43 Å². The summed E-state index contributed by atoms with van der Waals surface area (Å²) in [6.07, 6.45) is 0. The average Bonchev–Trinajstić information content (AvgIpc) is 2.38. The Labute approximate surface area is 105 Å². The van der Waals surface area contributed by atoms with E-state index in [1.807, 2.05) is 48.5 Å². The van der Waals surface area contributed by atoms with Gasteiger partial charge in [0.1, 0.15) is 12.4 Å². The second-order valence-corrected chi connectivity index (χ2v) is 3.96. The first-order valence-electron chi connectivity index (χ1n) is 5.22. The second kappa shape index (κ2) is 5.57. The second-order valence-electron chi connectivity index (χ2n) is 3.55. The van der Waals surface area contributed by atoms with E-state index >= 15 is 0 Å². The number of hydrogen-bond donors (Lipinski definition) is 2. The van der Waals surface area contributed by atoms with Crippen molar-refractivity contribution in [1.82, 2.24) is 0 Å². The number of benzene rings is 2. The molecule has 17 heavy (non-hydrogen) atoms. The first-order chi connectivity index (χ1) is 8.29. The Balaban J connectivity index is 2.05. The lowest BCUT2D eigenvalue weighted by molar-refractivity contribution is 0.306. The van der Waals surface area contributed by atoms with E-state index in [4.69, 9.17) is 22.2 Å². The molecule has 0 aliphatic carbocycles. The Hall–Kier alpha value is -1.71. The van der Waals surface area contributed by atoms with Crippen LogP contribution in [0.15, 0.2) is 48.5 Å². The van der Waals surface area contributed by atoms with Gasteiger partial charge in [0.2, 0.25) is 0 Å². The third-order valence-electron chi connectivity index (χ3n) is 2.35. The third kappa shape index (κ3) is 3.12. The van der Waals surface area contributed by atoms with Crippen LogP contribution in [-0.4, -0.2) is 0 Å². The highest BCUT2D eigenvalue weighted by molar-refractivity contribution is 6.31. The van der Waals surface area contributed by atoms with Crippen LogP contribution in [0.25, 0.3) is 0 Å². The van der Waals surface area contributed by atoms with Crippen LogP contribution < -0.4 is 16.0 Å². The topological polar surface area (TPSA) is 47.3 Å². The summed E-state index contributed by atoms with van der Waals surface area (Å²) in [6.45, 7) is 0.438. The molecule has 0 spiro atoms. The minimum atomic E-state index is 0.438. The zero-order valence-electron chi connectivity index (χ0n) is 9.19. The molecule has 3 N–H and O–H groups in total. The zero-order valence-corrected chi connectivity index (χ0v) is 9.95. The quantitative estimate of drug-likeness (QED) is 0.645. The molecule has 0 saturated carbocycles. The van der Waals surface area contributed by atoms with Crippen LogP contribution in [-0.2, 0) is 6.61 Å². The van der Waals surface area contributed by atoms with Gasteiger partial charge in [-0.25, -0.2) is 0 Å². The van der Waals surface area contributed by atoms with Crippen LogP contribution in [0.3, 0.4) is 0 Å². The Morgan fingerprint density at radius 2 is 1.94 bits per heavy atom. The fourth-order valence-corrected chi connectivity index (χ4v) is 1.64. The number of rotatable bonds is 4. The summed E-state index contributed by atoms with van der Waals surface area (Å²) in [6, 6.07) is 15.0. The van der Waals surface area contributed by atoms with E-state index in [-0.39, 0.29) is 0 Å². The third-order valence-corrected chi connectivity index (χ3v) is 2.72. The molecule has 0 heterocycles. The van der Waals surface area contributed by atoms with Crippen molar-refractivity contribution in [3.8, 4) is 5.75 Å². The summed E-state index contributed by atoms with van der Waals surface area (Å²) in [5.41, 5.74) is 4.34. The van der Waals surface area contributed by atoms with E-state index in [9.17, 15) is 0 Å². The molecular formula is C13H13ClN2O. The van der Waals surface area contributed by atoms with Crippen LogP contribution in [0.2, 0.25) is 5.02 Å². The minimum absolute atomic E-state index is 0.438. The molecule has 2 rings (SSSR count). The number of ether oxygens (including phenoxy) is 1. The lowest BCUT2D eigenvalue weighted by Gasteiger charge is -2.08. The molecule has 0 amide bonds. The van der Waals surface area contributed by atoms with E-state index in [0.717, 1.165) is 17.0 Å². The number of nitrogen functional groups attached to an aromatic ring is 1. The summed E-state index contributed by atoms with van der Waals surface area (Å²) < 4.78 is 5.64. The standard InChI is InChI=1S/C13H13ClN2O/c14-13-7-2-1-4-10(13)9-17-12-6-3-5-11(8-12)16-15/h1-8,16H,9,15H2. The van der Waals surface area contributed by atoms with Crippen molar-refractivity contribution >= 4 is 17.3 Å². The molecule has 88 valence electrons. The number of nitrogens with two attached hydrogens (primary N) is 1. The first kappa shape index (κ1) is 11.8. The zero-order chi connectivity index (χ0) is 12.1. The Bertz CT molecular complexity index is 502. The van der Waals surface area contributed by atoms with Crippen molar-refractivity contribution in [2.45, 2.75) is 6.61 Å². The molecule has 0 radical (unpaired) electrons. The van der Waals surface area contributed by atoms with Gasteiger partial charge < -0.3 is 10.2 Å². The maximum absolute atomic E-state index is 6.04. The monoisotopic (exact) mass is 248 g/mol. The molecule has 0 aliphatic heterocycles. The number of nitrogens with one attached hydrogen (secondary N) is 1. The fourth-order valence-electron chi connectivity index (χ4n) is 1.45. The van der Waals surface area contributed by atoms with Crippen molar-refractivity contribution < 1.29 is 4.74 Å². The van der Waals surface area contributed by atoms with E-state index in [1.54, 1.807) is 0 Å². The SMILES string of the molecule is NNc1cccc(OCc2ccccc2Cl)c1. The summed E-state index contributed by atoms with van der Waals surface area (Å²) in [4.78, 5) is 0. The summed E-state index contributed by atoms with van der Waals surface area (Å²) in [5.74, 6) is 6.07. The summed E-state index contributed by atoms with van der Waals surface area (Å²) in [7, 11) is 0. The van der Waals surface area contributed by atoms with Gasteiger partial charge in [-0.3, -0.25) is 5.84 Å². The first-order valence-corrected chi connectivity index (χ1v) is 5.60. The maximum Gasteiger partial charge on any atom is 0.121 e. The number of halogens is 1. The van der Waals surface area contributed by atoms with E-state index in [0.29, 0.717) is 11.6 Å². The summed E-state index contributed by atoms with van der Waals surface area (Å²) in [5, 5.41) is 0.709. The van der Waals surface area contributed by atoms with E-state index in [1.165, 1.54) is 0 Å². The van der Waals surface area contributed by atoms with Crippen LogP contribution in [0.4, 0.5) is 5.69 Å². The largest absolute Gasteiger partial charge is 0.489 e. The van der Waals surface area contributed by atoms with Gasteiger partial charge in [-0.05, 0) is 18.2 Å². The van der Waals surface area contributed by atoms with Gasteiger partial charge in [0.15, 0.2) is 0 Å². The molecule has 4 heteroatoms. The molecule has 0 aliphatic rings. The molecule has 0 bridgehead atoms. The van der Waals surface area contributed by atoms with Crippen molar-refractivity contribution in [2.24, 2.45) is 5.84 Å². The molecule has 3 nitrogen and oxygen atoms in total. The predicted molar refractivity (Wildman–Crippen MR) is 70.0 cm³/mol. The van der Waals surface area contributed by atoms with E-state index in [2.05, 4.69) is 5.43 Å². The van der Waals surface area contributed by atoms with Gasteiger partial charge in [-0.15, -0.1) is 0 Å². The molecular weight excluding hydrogens is 236 g/mol. The number of hydrazine groups is 1. The van der Waals surface area contributed by atoms with Gasteiger partial charge >= 0.3 is 0 Å². The molecule has 0 fully saturated rings. The van der Waals surface area contributed by atoms with Gasteiger partial charge in [0.25, 0.3) is 0 Å². The summed E-state index contributed by atoms with van der Waals surface area (Å²) >= 11 is 6.04. The molecule has 0 atom stereocenters. The minimum Gasteiger partial charge on any atom is -0.489 e. The van der Waals surface area contributed by atoms with Crippen LogP contribution in [0.5, 0.6) is 5.75 Å². The molecule has 0 saturated heterocycles. The van der Waals surface area contributed by atoms with Crippen molar-refractivity contribution in [3.05, 3.63) is 59.1 Å². The number of hydrogen-bond acceptors (Lipinski definition) is 3. The van der Waals surface area contributed by atoms with Gasteiger partial charge in [0, 0.05) is 16.7 Å². The molecule has 0 unspecified atom stereocenters. The van der Waals surface area contributed by atoms with Gasteiger partial charge in [0.05, 0.1) is 5.69 Å². The Morgan fingerprint density at radius 3 is 2.71 bits per heavy atom. The molecule has 2 aromatic carbocycles. The molecule has 2 aromatic rings. The van der Waals surface area contributed by atoms with Crippen molar-refractivity contribution in [1.29, 1.82) is 0 Å². The maximum atomic E-state index is 6.04. The molecule has 0 aromatic heterocycles. The van der Waals surface area contributed by atoms with Gasteiger partial charge in [-0.2, -0.15) is 0 Å². The average molecular weight is 249 g/mol. The highest BCUT2D eigenvalue weighted by atomic mass is 35.5. The Morgan fingerprint density at radius 1 is 1.12 bits per heavy atom. The Kier molecular flexibility index (Phi) is 3.85. The lowest BCUT2D eigenvalue weighted by Crippen LogP contribution is -2.06. The van der Waals surface area contributed by atoms with Crippen LogP contribution in [0, 0.1) is 0 Å². The lowest BCUT2D eigenvalue weighted by atomic mass is 10.2.